The largest absolute Gasteiger partial charge is 0.423 e. The van der Waals surface area contributed by atoms with Crippen LogP contribution in [-0.4, -0.2) is 85.8 Å². The fourth-order valence-corrected chi connectivity index (χ4v) is 5.82. The van der Waals surface area contributed by atoms with Crippen LogP contribution in [0.1, 0.15) is 86.6 Å². The number of carbonyl (C=O) groups is 2. The summed E-state index contributed by atoms with van der Waals surface area (Å²) in [6.07, 6.45) is 7.82. The van der Waals surface area contributed by atoms with E-state index >= 15 is 0 Å². The molecule has 3 aliphatic rings. The SMILES string of the molecule is CC(C)c1nnc(C2CC3(CCN(C(=O)c4ccn(C)n4)CC3)CN2CC(=O)N2CCCCC2)o1. The first-order valence-electron chi connectivity index (χ1n) is 13.0. The summed E-state index contributed by atoms with van der Waals surface area (Å²) >= 11 is 0. The van der Waals surface area contributed by atoms with Gasteiger partial charge in [-0.25, -0.2) is 0 Å². The van der Waals surface area contributed by atoms with E-state index in [2.05, 4.69) is 20.2 Å². The fraction of sp³-hybridized carbons (Fsp3) is 0.720. The summed E-state index contributed by atoms with van der Waals surface area (Å²) in [6, 6.07) is 1.70. The predicted octanol–water partition coefficient (Wildman–Crippen LogP) is 2.61. The minimum Gasteiger partial charge on any atom is -0.423 e. The Bertz CT molecular complexity index is 1050. The molecule has 5 rings (SSSR count). The maximum absolute atomic E-state index is 13.2. The van der Waals surface area contributed by atoms with Crippen LogP contribution in [0, 0.1) is 5.41 Å². The second-order valence-corrected chi connectivity index (χ2v) is 10.9. The molecule has 10 heteroatoms. The molecule has 3 fully saturated rings. The molecule has 35 heavy (non-hydrogen) atoms. The lowest BCUT2D eigenvalue weighted by molar-refractivity contribution is -0.133. The first-order chi connectivity index (χ1) is 16.8. The molecule has 0 aliphatic carbocycles. The Kier molecular flexibility index (Phi) is 6.65. The lowest BCUT2D eigenvalue weighted by Crippen LogP contribution is -2.46. The zero-order valence-corrected chi connectivity index (χ0v) is 21.1. The summed E-state index contributed by atoms with van der Waals surface area (Å²) in [6.45, 7) is 8.36. The number of aryl methyl sites for hydroxylation is 1. The minimum absolute atomic E-state index is 0.00870. The summed E-state index contributed by atoms with van der Waals surface area (Å²) in [7, 11) is 1.82. The Labute approximate surface area is 206 Å². The minimum atomic E-state index is -0.0678. The van der Waals surface area contributed by atoms with Crippen LogP contribution >= 0.6 is 0 Å². The van der Waals surface area contributed by atoms with Crippen LogP contribution in [0.3, 0.4) is 0 Å². The molecule has 3 aliphatic heterocycles. The van der Waals surface area contributed by atoms with Crippen molar-refractivity contribution in [2.24, 2.45) is 12.5 Å². The van der Waals surface area contributed by atoms with Gasteiger partial charge in [-0.15, -0.1) is 10.2 Å². The molecule has 1 atom stereocenters. The highest BCUT2D eigenvalue weighted by Gasteiger charge is 2.49. The third kappa shape index (κ3) is 4.98. The van der Waals surface area contributed by atoms with E-state index in [1.807, 2.05) is 30.7 Å². The third-order valence-corrected chi connectivity index (χ3v) is 7.93. The van der Waals surface area contributed by atoms with Crippen LogP contribution in [0.4, 0.5) is 0 Å². The third-order valence-electron chi connectivity index (χ3n) is 7.93. The molecule has 10 nitrogen and oxygen atoms in total. The van der Waals surface area contributed by atoms with E-state index in [1.165, 1.54) is 6.42 Å². The van der Waals surface area contributed by atoms with Crippen molar-refractivity contribution < 1.29 is 14.0 Å². The lowest BCUT2D eigenvalue weighted by Gasteiger charge is -2.39. The Balaban J connectivity index is 1.30. The molecule has 0 bridgehead atoms. The van der Waals surface area contributed by atoms with Gasteiger partial charge in [0.25, 0.3) is 5.91 Å². The Morgan fingerprint density at radius 3 is 2.46 bits per heavy atom. The number of hydrogen-bond donors (Lipinski definition) is 0. The van der Waals surface area contributed by atoms with Gasteiger partial charge in [-0.3, -0.25) is 19.2 Å². The molecule has 0 saturated carbocycles. The number of piperidine rings is 2. The average molecular weight is 484 g/mol. The van der Waals surface area contributed by atoms with Gasteiger partial charge in [0.05, 0.1) is 12.6 Å². The molecule has 1 spiro atoms. The van der Waals surface area contributed by atoms with E-state index in [9.17, 15) is 9.59 Å². The van der Waals surface area contributed by atoms with Crippen molar-refractivity contribution >= 4 is 11.8 Å². The summed E-state index contributed by atoms with van der Waals surface area (Å²) in [5, 5.41) is 12.9. The van der Waals surface area contributed by atoms with Crippen molar-refractivity contribution in [2.45, 2.75) is 64.3 Å². The van der Waals surface area contributed by atoms with E-state index in [1.54, 1.807) is 16.9 Å². The normalized spacial score (nSPS) is 22.9. The Morgan fingerprint density at radius 1 is 1.09 bits per heavy atom. The predicted molar refractivity (Wildman–Crippen MR) is 129 cm³/mol. The smallest absolute Gasteiger partial charge is 0.274 e. The van der Waals surface area contributed by atoms with Crippen LogP contribution < -0.4 is 0 Å². The highest BCUT2D eigenvalue weighted by Crippen LogP contribution is 2.49. The van der Waals surface area contributed by atoms with E-state index in [0.717, 1.165) is 51.7 Å². The van der Waals surface area contributed by atoms with Crippen LogP contribution in [0.2, 0.25) is 0 Å². The van der Waals surface area contributed by atoms with Gasteiger partial charge in [0.15, 0.2) is 0 Å². The molecule has 1 unspecified atom stereocenters. The van der Waals surface area contributed by atoms with E-state index in [4.69, 9.17) is 4.42 Å². The average Bonchev–Trinajstić information content (AvgIpc) is 3.59. The van der Waals surface area contributed by atoms with E-state index in [0.29, 0.717) is 37.1 Å². The summed E-state index contributed by atoms with van der Waals surface area (Å²) in [5.74, 6) is 1.60. The second kappa shape index (κ2) is 9.72. The van der Waals surface area contributed by atoms with Crippen molar-refractivity contribution in [3.63, 3.8) is 0 Å². The standard InChI is InChI=1S/C25H37N7O3/c1-18(2)22-26-27-23(35-22)20-15-25(17-32(20)16-21(33)30-10-5-4-6-11-30)8-13-31(14-9-25)24(34)19-7-12-29(3)28-19/h7,12,18,20H,4-6,8-11,13-17H2,1-3H3. The Hall–Kier alpha value is -2.75. The summed E-state index contributed by atoms with van der Waals surface area (Å²) in [4.78, 5) is 32.3. The molecule has 2 aromatic heterocycles. The first-order valence-corrected chi connectivity index (χ1v) is 13.0. The van der Waals surface area contributed by atoms with Gasteiger partial charge in [0.2, 0.25) is 17.7 Å². The molecule has 2 aromatic rings. The van der Waals surface area contributed by atoms with Crippen LogP contribution in [0.25, 0.3) is 0 Å². The lowest BCUT2D eigenvalue weighted by atomic mass is 9.76. The van der Waals surface area contributed by atoms with E-state index < -0.39 is 0 Å². The molecular weight excluding hydrogens is 446 g/mol. The molecular formula is C25H37N7O3. The quantitative estimate of drug-likeness (QED) is 0.644. The number of rotatable bonds is 5. The number of carbonyl (C=O) groups excluding carboxylic acids is 2. The number of nitrogens with zero attached hydrogens (tertiary/aromatic N) is 7. The fourth-order valence-electron chi connectivity index (χ4n) is 5.82. The van der Waals surface area contributed by atoms with Crippen molar-refractivity contribution in [3.8, 4) is 0 Å². The molecule has 0 N–H and O–H groups in total. The molecule has 3 saturated heterocycles. The Morgan fingerprint density at radius 2 is 1.83 bits per heavy atom. The van der Waals surface area contributed by atoms with Gasteiger partial charge in [-0.2, -0.15) is 5.10 Å². The molecule has 5 heterocycles. The van der Waals surface area contributed by atoms with Gasteiger partial charge in [-0.05, 0) is 50.0 Å². The second-order valence-electron chi connectivity index (χ2n) is 10.9. The van der Waals surface area contributed by atoms with Gasteiger partial charge in [0, 0.05) is 51.9 Å². The van der Waals surface area contributed by atoms with Crippen LogP contribution in [0.15, 0.2) is 16.7 Å². The molecule has 190 valence electrons. The molecule has 0 aromatic carbocycles. The van der Waals surface area contributed by atoms with Gasteiger partial charge >= 0.3 is 0 Å². The zero-order chi connectivity index (χ0) is 24.6. The topological polar surface area (TPSA) is 101 Å². The maximum atomic E-state index is 13.2. The zero-order valence-electron chi connectivity index (χ0n) is 21.1. The van der Waals surface area contributed by atoms with Crippen LogP contribution in [0.5, 0.6) is 0 Å². The van der Waals surface area contributed by atoms with Gasteiger partial charge < -0.3 is 14.2 Å². The number of likely N-dealkylation sites (tertiary alicyclic amines) is 3. The highest BCUT2D eigenvalue weighted by molar-refractivity contribution is 5.92. The van der Waals surface area contributed by atoms with Crippen molar-refractivity contribution in [2.75, 3.05) is 39.3 Å². The van der Waals surface area contributed by atoms with Crippen LogP contribution in [-0.2, 0) is 11.8 Å². The van der Waals surface area contributed by atoms with Gasteiger partial charge in [-0.1, -0.05) is 13.8 Å². The van der Waals surface area contributed by atoms with Crippen molar-refractivity contribution in [3.05, 3.63) is 29.7 Å². The van der Waals surface area contributed by atoms with Crippen molar-refractivity contribution in [1.29, 1.82) is 0 Å². The number of amides is 2. The number of hydrogen-bond acceptors (Lipinski definition) is 7. The maximum Gasteiger partial charge on any atom is 0.274 e. The molecule has 2 amide bonds. The number of aromatic nitrogens is 4. The van der Waals surface area contributed by atoms with Gasteiger partial charge in [0.1, 0.15) is 5.69 Å². The van der Waals surface area contributed by atoms with Crippen molar-refractivity contribution in [1.82, 2.24) is 34.7 Å². The summed E-state index contributed by atoms with van der Waals surface area (Å²) < 4.78 is 7.74. The highest BCUT2D eigenvalue weighted by atomic mass is 16.4. The molecule has 0 radical (unpaired) electrons. The summed E-state index contributed by atoms with van der Waals surface area (Å²) in [5.41, 5.74) is 0.522. The first kappa shape index (κ1) is 24.0. The monoisotopic (exact) mass is 483 g/mol. The van der Waals surface area contributed by atoms with E-state index in [-0.39, 0.29) is 29.2 Å².